The first kappa shape index (κ1) is 19.3. The van der Waals surface area contributed by atoms with Gasteiger partial charge in [-0.2, -0.15) is 0 Å². The number of aromatic nitrogens is 4. The molecule has 3 aromatic rings. The number of morpholine rings is 1. The summed E-state index contributed by atoms with van der Waals surface area (Å²) in [5, 5.41) is 2.65. The number of alkyl halides is 3. The van der Waals surface area contributed by atoms with Gasteiger partial charge < -0.3 is 19.4 Å². The van der Waals surface area contributed by atoms with Gasteiger partial charge in [0, 0.05) is 13.1 Å². The van der Waals surface area contributed by atoms with Crippen LogP contribution in [0.4, 0.5) is 5.82 Å². The van der Waals surface area contributed by atoms with E-state index in [-0.39, 0.29) is 5.76 Å². The molecule has 1 aliphatic heterocycles. The van der Waals surface area contributed by atoms with Gasteiger partial charge >= 0.3 is 0 Å². The molecular weight excluding hydrogens is 431 g/mol. The van der Waals surface area contributed by atoms with Gasteiger partial charge in [0.25, 0.3) is 5.91 Å². The second-order valence-electron chi connectivity index (χ2n) is 6.02. The maximum absolute atomic E-state index is 12.4. The maximum Gasteiger partial charge on any atom is 0.288 e. The van der Waals surface area contributed by atoms with Gasteiger partial charge in [-0.1, -0.05) is 34.8 Å². The third-order valence-corrected chi connectivity index (χ3v) is 4.87. The third-order valence-electron chi connectivity index (χ3n) is 4.25. The zero-order chi connectivity index (χ0) is 19.7. The summed E-state index contributed by atoms with van der Waals surface area (Å²) >= 11 is 18.5. The minimum atomic E-state index is -1.88. The van der Waals surface area contributed by atoms with Crippen LogP contribution in [0, 0.1) is 0 Å². The number of hydrogen-bond donors (Lipinski definition) is 1. The number of nitrogens with zero attached hydrogens (tertiary/aromatic N) is 5. The number of carbonyl (C=O) groups is 1. The number of carbonyl (C=O) groups excluding carboxylic acids is 1. The van der Waals surface area contributed by atoms with E-state index in [9.17, 15) is 4.79 Å². The van der Waals surface area contributed by atoms with Crippen LogP contribution in [0.25, 0.3) is 11.2 Å². The van der Waals surface area contributed by atoms with Crippen molar-refractivity contribution in [2.24, 2.45) is 0 Å². The number of amides is 1. The predicted molar refractivity (Wildman–Crippen MR) is 104 cm³/mol. The summed E-state index contributed by atoms with van der Waals surface area (Å²) in [5.41, 5.74) is 0.962. The largest absolute Gasteiger partial charge is 0.459 e. The van der Waals surface area contributed by atoms with Crippen LogP contribution >= 0.6 is 34.8 Å². The smallest absolute Gasteiger partial charge is 0.288 e. The zero-order valence-corrected chi connectivity index (χ0v) is 16.7. The van der Waals surface area contributed by atoms with Crippen molar-refractivity contribution in [1.82, 2.24) is 24.8 Å². The Morgan fingerprint density at radius 3 is 2.68 bits per heavy atom. The number of halogens is 3. The summed E-state index contributed by atoms with van der Waals surface area (Å²) in [7, 11) is 0. The normalized spacial score (nSPS) is 16.3. The van der Waals surface area contributed by atoms with Gasteiger partial charge in [0.15, 0.2) is 28.9 Å². The molecular formula is C16H15Cl3N6O3. The predicted octanol–water partition coefficient (Wildman–Crippen LogP) is 2.55. The van der Waals surface area contributed by atoms with Crippen LogP contribution in [0.2, 0.25) is 0 Å². The molecule has 28 heavy (non-hydrogen) atoms. The first-order valence-corrected chi connectivity index (χ1v) is 9.50. The average Bonchev–Trinajstić information content (AvgIpc) is 3.35. The molecule has 4 rings (SSSR count). The number of hydrogen-bond acceptors (Lipinski definition) is 7. The van der Waals surface area contributed by atoms with Gasteiger partial charge in [0.2, 0.25) is 3.79 Å². The molecule has 1 amide bonds. The molecule has 0 bridgehead atoms. The van der Waals surface area contributed by atoms with Crippen LogP contribution in [0.5, 0.6) is 0 Å². The Morgan fingerprint density at radius 1 is 1.21 bits per heavy atom. The van der Waals surface area contributed by atoms with Crippen LogP contribution in [0.1, 0.15) is 16.7 Å². The number of furan rings is 1. The highest BCUT2D eigenvalue weighted by Crippen LogP contribution is 2.38. The summed E-state index contributed by atoms with van der Waals surface area (Å²) < 4.78 is 10.1. The molecule has 0 unspecified atom stereocenters. The van der Waals surface area contributed by atoms with Crippen molar-refractivity contribution in [3.63, 3.8) is 0 Å². The number of fused-ring (bicyclic) bond motifs is 1. The van der Waals surface area contributed by atoms with E-state index < -0.39 is 15.9 Å². The first-order chi connectivity index (χ1) is 13.4. The fourth-order valence-electron chi connectivity index (χ4n) is 2.95. The van der Waals surface area contributed by atoms with E-state index in [0.29, 0.717) is 43.3 Å². The van der Waals surface area contributed by atoms with E-state index >= 15 is 0 Å². The van der Waals surface area contributed by atoms with Crippen LogP contribution in [0.3, 0.4) is 0 Å². The van der Waals surface area contributed by atoms with Gasteiger partial charge in [0.1, 0.15) is 6.33 Å². The molecule has 1 atom stereocenters. The maximum atomic E-state index is 12.4. The van der Waals surface area contributed by atoms with Crippen LogP contribution < -0.4 is 10.2 Å². The Morgan fingerprint density at radius 2 is 2.00 bits per heavy atom. The molecule has 4 heterocycles. The molecule has 3 aromatic heterocycles. The number of nitrogens with one attached hydrogen (secondary N) is 1. The number of rotatable bonds is 4. The molecule has 0 saturated carbocycles. The highest BCUT2D eigenvalue weighted by Gasteiger charge is 2.37. The van der Waals surface area contributed by atoms with Crippen molar-refractivity contribution in [2.45, 2.75) is 9.96 Å². The molecule has 12 heteroatoms. The van der Waals surface area contributed by atoms with Gasteiger partial charge in [-0.3, -0.25) is 9.36 Å². The Balaban J connectivity index is 1.71. The second-order valence-corrected chi connectivity index (χ2v) is 8.38. The van der Waals surface area contributed by atoms with E-state index in [4.69, 9.17) is 44.0 Å². The minimum absolute atomic E-state index is 0.0901. The lowest BCUT2D eigenvalue weighted by atomic mass is 10.3. The van der Waals surface area contributed by atoms with Crippen molar-refractivity contribution in [3.8, 4) is 0 Å². The summed E-state index contributed by atoms with van der Waals surface area (Å²) in [6.07, 6.45) is 3.17. The van der Waals surface area contributed by atoms with Crippen molar-refractivity contribution in [1.29, 1.82) is 0 Å². The quantitative estimate of drug-likeness (QED) is 0.616. The van der Waals surface area contributed by atoms with Crippen LogP contribution in [0.15, 0.2) is 35.5 Å². The van der Waals surface area contributed by atoms with E-state index in [1.807, 2.05) is 0 Å². The zero-order valence-electron chi connectivity index (χ0n) is 14.4. The molecule has 0 aliphatic carbocycles. The molecule has 1 aliphatic rings. The van der Waals surface area contributed by atoms with Crippen molar-refractivity contribution >= 4 is 57.7 Å². The van der Waals surface area contributed by atoms with E-state index in [1.165, 1.54) is 29.6 Å². The topological polar surface area (TPSA) is 98.3 Å². The molecule has 1 fully saturated rings. The number of imidazole rings is 1. The van der Waals surface area contributed by atoms with Gasteiger partial charge in [-0.15, -0.1) is 0 Å². The first-order valence-electron chi connectivity index (χ1n) is 8.36. The van der Waals surface area contributed by atoms with E-state index in [2.05, 4.69) is 25.2 Å². The standard InChI is InChI=1S/C16H15Cl3N6O3/c17-16(18,19)15(23-14(26)10-2-1-5-28-10)25-9-22-11-12(20-8-21-13(11)25)24-3-6-27-7-4-24/h1-2,5,8-9,15H,3-4,6-7H2,(H,23,26)/t15-/m0/s1. The fraction of sp³-hybridized carbons (Fsp3) is 0.375. The molecule has 1 N–H and O–H groups in total. The molecule has 0 spiro atoms. The highest BCUT2D eigenvalue weighted by molar-refractivity contribution is 6.68. The van der Waals surface area contributed by atoms with Crippen LogP contribution in [-0.4, -0.2) is 55.5 Å². The summed E-state index contributed by atoms with van der Waals surface area (Å²) in [5.74, 6) is 0.213. The van der Waals surface area contributed by atoms with Crippen LogP contribution in [-0.2, 0) is 4.74 Å². The Bertz CT molecular complexity index is 966. The molecule has 9 nitrogen and oxygen atoms in total. The minimum Gasteiger partial charge on any atom is -0.459 e. The van der Waals surface area contributed by atoms with Gasteiger partial charge in [-0.25, -0.2) is 15.0 Å². The average molecular weight is 446 g/mol. The van der Waals surface area contributed by atoms with Crippen molar-refractivity contribution < 1.29 is 13.9 Å². The third kappa shape index (κ3) is 3.75. The summed E-state index contributed by atoms with van der Waals surface area (Å²) in [6, 6.07) is 3.10. The Hall–Kier alpha value is -2.07. The van der Waals surface area contributed by atoms with E-state index in [1.54, 1.807) is 6.07 Å². The Kier molecular flexibility index (Phi) is 5.33. The van der Waals surface area contributed by atoms with Gasteiger partial charge in [-0.05, 0) is 12.1 Å². The molecule has 0 aromatic carbocycles. The molecule has 148 valence electrons. The molecule has 0 radical (unpaired) electrons. The monoisotopic (exact) mass is 444 g/mol. The highest BCUT2D eigenvalue weighted by atomic mass is 35.6. The van der Waals surface area contributed by atoms with Crippen molar-refractivity contribution in [3.05, 3.63) is 36.8 Å². The molecule has 1 saturated heterocycles. The van der Waals surface area contributed by atoms with Crippen molar-refractivity contribution in [2.75, 3.05) is 31.2 Å². The fourth-order valence-corrected chi connectivity index (χ4v) is 3.43. The van der Waals surface area contributed by atoms with Gasteiger partial charge in [0.05, 0.1) is 25.8 Å². The summed E-state index contributed by atoms with van der Waals surface area (Å²) in [4.78, 5) is 27.5. The SMILES string of the molecule is O=C(N[C@@H](n1cnc2c(N3CCOCC3)ncnc21)C(Cl)(Cl)Cl)c1ccco1. The number of anilines is 1. The lowest BCUT2D eigenvalue weighted by Crippen LogP contribution is -2.40. The Labute approximate surface area is 174 Å². The lowest BCUT2D eigenvalue weighted by molar-refractivity contribution is 0.0893. The lowest BCUT2D eigenvalue weighted by Gasteiger charge is -2.28. The summed E-state index contributed by atoms with van der Waals surface area (Å²) in [6.45, 7) is 2.56. The second kappa shape index (κ2) is 7.75. The van der Waals surface area contributed by atoms with E-state index in [0.717, 1.165) is 0 Å². The number of ether oxygens (including phenoxy) is 1.